The van der Waals surface area contributed by atoms with E-state index >= 15 is 0 Å². The van der Waals surface area contributed by atoms with Crippen molar-refractivity contribution in [2.24, 2.45) is 10.7 Å². The van der Waals surface area contributed by atoms with Gasteiger partial charge in [-0.1, -0.05) is 83.4 Å². The van der Waals surface area contributed by atoms with Crippen LogP contribution in [0.5, 0.6) is 0 Å². The zero-order chi connectivity index (χ0) is 32.5. The van der Waals surface area contributed by atoms with Crippen molar-refractivity contribution in [3.8, 4) is 17.9 Å². The molecule has 224 valence electrons. The molecule has 0 aromatic rings. The van der Waals surface area contributed by atoms with E-state index in [0.29, 0.717) is 41.7 Å². The third kappa shape index (κ3) is 30.6. The van der Waals surface area contributed by atoms with E-state index in [-0.39, 0.29) is 0 Å². The number of hydrogen-bond acceptors (Lipinski definition) is 4. The number of allylic oxidation sites excluding steroid dienone is 9. The number of nitrogens with zero attached hydrogens (tertiary/aromatic N) is 2. The first-order valence-corrected chi connectivity index (χ1v) is 14.0. The molecule has 0 rings (SSSR count). The third-order valence-corrected chi connectivity index (χ3v) is 4.48. The molecular weight excluding hydrogens is 492 g/mol. The second-order valence-corrected chi connectivity index (χ2v) is 7.73. The molecule has 0 radical (unpaired) electrons. The highest BCUT2D eigenvalue weighted by Crippen LogP contribution is 2.19. The maximum Gasteiger partial charge on any atom is 0.149 e. The zero-order valence-electron chi connectivity index (χ0n) is 27.7. The molecule has 0 bridgehead atoms. The molecule has 0 aromatic carbocycles. The molecule has 0 atom stereocenters. The number of nitriles is 1. The smallest absolute Gasteiger partial charge is 0.149 e. The summed E-state index contributed by atoms with van der Waals surface area (Å²) in [5.41, 5.74) is 11.6. The van der Waals surface area contributed by atoms with Crippen LogP contribution >= 0.6 is 0 Å². The van der Waals surface area contributed by atoms with Gasteiger partial charge in [0.15, 0.2) is 0 Å². The maximum absolute atomic E-state index is 10.6. The Hall–Kier alpha value is -3.67. The molecule has 0 heterocycles. The molecule has 5 nitrogen and oxygen atoms in total. The first kappa shape index (κ1) is 46.2. The topological polar surface area (TPSA) is 91.3 Å². The van der Waals surface area contributed by atoms with Crippen LogP contribution in [0.4, 0.5) is 0 Å². The van der Waals surface area contributed by atoms with Gasteiger partial charge in [0.05, 0.1) is 11.9 Å². The van der Waals surface area contributed by atoms with Crippen molar-refractivity contribution >= 4 is 12.1 Å². The van der Waals surface area contributed by atoms with Crippen LogP contribution in [-0.2, 0) is 4.79 Å². The molecule has 0 aliphatic rings. The second-order valence-electron chi connectivity index (χ2n) is 7.73. The van der Waals surface area contributed by atoms with Gasteiger partial charge < -0.3 is 11.1 Å². The van der Waals surface area contributed by atoms with E-state index in [4.69, 9.17) is 11.0 Å². The summed E-state index contributed by atoms with van der Waals surface area (Å²) in [6.45, 7) is 33.5. The van der Waals surface area contributed by atoms with E-state index in [1.54, 1.807) is 19.2 Å². The maximum atomic E-state index is 10.6. The van der Waals surface area contributed by atoms with Gasteiger partial charge in [0.1, 0.15) is 6.29 Å². The van der Waals surface area contributed by atoms with E-state index in [1.165, 1.54) is 11.1 Å². The highest BCUT2D eigenvalue weighted by molar-refractivity contribution is 5.78. The molecule has 0 unspecified atom stereocenters. The molecule has 40 heavy (non-hydrogen) atoms. The fraction of sp³-hybridized carbons (Fsp3) is 0.457. The molecule has 0 aromatic heterocycles. The molecular formula is C35H58N4O. The largest absolute Gasteiger partial charge is 0.387 e. The molecule has 3 N–H and O–H groups in total. The Morgan fingerprint density at radius 2 is 1.55 bits per heavy atom. The van der Waals surface area contributed by atoms with Crippen molar-refractivity contribution < 1.29 is 4.79 Å². The highest BCUT2D eigenvalue weighted by atomic mass is 16.1. The summed E-state index contributed by atoms with van der Waals surface area (Å²) in [5.74, 6) is 6.52. The summed E-state index contributed by atoms with van der Waals surface area (Å²) < 4.78 is 0. The molecule has 0 saturated carbocycles. The minimum absolute atomic E-state index is 0.323. The van der Waals surface area contributed by atoms with Gasteiger partial charge in [-0.25, -0.2) is 4.99 Å². The summed E-state index contributed by atoms with van der Waals surface area (Å²) in [6, 6.07) is 1.98. The number of rotatable bonds is 12. The van der Waals surface area contributed by atoms with Gasteiger partial charge in [-0.2, -0.15) is 5.26 Å². The van der Waals surface area contributed by atoms with Gasteiger partial charge in [0.2, 0.25) is 0 Å². The Bertz CT molecular complexity index is 981. The monoisotopic (exact) mass is 550 g/mol. The molecule has 0 aliphatic heterocycles. The summed E-state index contributed by atoms with van der Waals surface area (Å²) in [5, 5.41) is 12.0. The van der Waals surface area contributed by atoms with Gasteiger partial charge >= 0.3 is 0 Å². The molecule has 0 aliphatic carbocycles. The van der Waals surface area contributed by atoms with Gasteiger partial charge in [0, 0.05) is 29.5 Å². The van der Waals surface area contributed by atoms with Crippen molar-refractivity contribution in [3.63, 3.8) is 0 Å². The van der Waals surface area contributed by atoms with E-state index in [1.807, 2.05) is 74.6 Å². The Balaban J connectivity index is -0.000000175. The number of nitrogens with one attached hydrogen (secondary N) is 1. The van der Waals surface area contributed by atoms with Crippen molar-refractivity contribution in [2.75, 3.05) is 13.6 Å². The van der Waals surface area contributed by atoms with E-state index in [2.05, 4.69) is 61.8 Å². The highest BCUT2D eigenvalue weighted by Gasteiger charge is 2.04. The standard InChI is InChI=1S/C15H19N3O.C14H21N.3C2H6/c1-11(9-18-14(4)17)5-6-15(13(3)8-16)7-12(2)10-19;1-6-8-12(3)13(4)10-14(9-7-2)11-15-5;3*1-2/h7,9-10H,2-3,5-6H2,1,4H3,(H2,17,18);6,10,15H,1,8,11H2,2-5H3;3*1-2H3/b11-9-,15-7+;13-12+,14-10+;;;. The minimum Gasteiger partial charge on any atom is -0.387 e. The van der Waals surface area contributed by atoms with Gasteiger partial charge in [-0.3, -0.25) is 4.79 Å². The lowest BCUT2D eigenvalue weighted by molar-refractivity contribution is -0.104. The van der Waals surface area contributed by atoms with Crippen LogP contribution in [0.1, 0.15) is 95.4 Å². The fourth-order valence-corrected chi connectivity index (χ4v) is 2.49. The molecule has 5 heteroatoms. The van der Waals surface area contributed by atoms with E-state index < -0.39 is 0 Å². The summed E-state index contributed by atoms with van der Waals surface area (Å²) in [4.78, 5) is 14.6. The Morgan fingerprint density at radius 1 is 1.00 bits per heavy atom. The lowest BCUT2D eigenvalue weighted by Gasteiger charge is -2.05. The number of hydrogen-bond donors (Lipinski definition) is 2. The number of likely N-dealkylation sites (N-methyl/N-ethyl adjacent to an activating group) is 1. The predicted octanol–water partition coefficient (Wildman–Crippen LogP) is 8.96. The van der Waals surface area contributed by atoms with Crippen LogP contribution in [0.2, 0.25) is 0 Å². The molecule has 0 spiro atoms. The Kier molecular flexibility index (Phi) is 40.8. The van der Waals surface area contributed by atoms with Gasteiger partial charge in [0.25, 0.3) is 0 Å². The average molecular weight is 551 g/mol. The quantitative estimate of drug-likeness (QED) is 0.0371. The van der Waals surface area contributed by atoms with Crippen molar-refractivity contribution in [3.05, 3.63) is 83.2 Å². The number of carbonyl (C=O) groups excluding carboxylic acids is 1. The van der Waals surface area contributed by atoms with Crippen LogP contribution in [-0.4, -0.2) is 25.7 Å². The first-order valence-electron chi connectivity index (χ1n) is 14.0. The fourth-order valence-electron chi connectivity index (χ4n) is 2.49. The van der Waals surface area contributed by atoms with Crippen LogP contribution in [0.3, 0.4) is 0 Å². The van der Waals surface area contributed by atoms with Gasteiger partial charge in [-0.05, 0) is 78.7 Å². The SMILES string of the molecule is C=C(C=O)/C=C(\CC/C(C)=C\N=C(C)N)C(=C)C#N.C=CC/C(C)=C(C)/C=C(\C#CC)CNC.CC.CC.CC. The summed E-state index contributed by atoms with van der Waals surface area (Å²) in [7, 11) is 1.93. The number of amidine groups is 1. The van der Waals surface area contributed by atoms with E-state index in [0.717, 1.165) is 24.1 Å². The van der Waals surface area contributed by atoms with Crippen molar-refractivity contribution in [1.82, 2.24) is 5.32 Å². The van der Waals surface area contributed by atoms with Crippen LogP contribution < -0.4 is 11.1 Å². The lowest BCUT2D eigenvalue weighted by Crippen LogP contribution is -2.09. The van der Waals surface area contributed by atoms with Crippen molar-refractivity contribution in [2.45, 2.75) is 95.4 Å². The Labute approximate surface area is 248 Å². The van der Waals surface area contributed by atoms with Crippen LogP contribution in [0, 0.1) is 23.2 Å². The number of aldehydes is 1. The lowest BCUT2D eigenvalue weighted by atomic mass is 9.99. The van der Waals surface area contributed by atoms with Crippen LogP contribution in [0.15, 0.2) is 88.2 Å². The van der Waals surface area contributed by atoms with Crippen LogP contribution in [0.25, 0.3) is 0 Å². The number of aliphatic imine (C=N–C) groups is 1. The minimum atomic E-state index is 0.323. The number of nitrogens with two attached hydrogens (primary N) is 1. The van der Waals surface area contributed by atoms with E-state index in [9.17, 15) is 4.79 Å². The first-order chi connectivity index (χ1) is 19.1. The third-order valence-electron chi connectivity index (χ3n) is 4.48. The Morgan fingerprint density at radius 3 is 1.95 bits per heavy atom. The normalized spacial score (nSPS) is 11.3. The van der Waals surface area contributed by atoms with Gasteiger partial charge in [-0.15, -0.1) is 12.5 Å². The molecule has 0 fully saturated rings. The predicted molar refractivity (Wildman–Crippen MR) is 181 cm³/mol. The number of carbonyl (C=O) groups is 1. The zero-order valence-corrected chi connectivity index (χ0v) is 27.7. The molecule has 0 amide bonds. The summed E-state index contributed by atoms with van der Waals surface area (Å²) in [6.07, 6.45) is 10.2. The van der Waals surface area contributed by atoms with Crippen molar-refractivity contribution in [1.29, 1.82) is 5.26 Å². The summed E-state index contributed by atoms with van der Waals surface area (Å²) >= 11 is 0. The second kappa shape index (κ2) is 35.3. The average Bonchev–Trinajstić information content (AvgIpc) is 2.97. The molecule has 0 saturated heterocycles.